The Morgan fingerprint density at radius 3 is 2.17 bits per heavy atom. The molecule has 0 fully saturated rings. The summed E-state index contributed by atoms with van der Waals surface area (Å²) >= 11 is 0. The van der Waals surface area contributed by atoms with Crippen molar-refractivity contribution in [1.82, 2.24) is 4.98 Å². The molecule has 1 heterocycles. The van der Waals surface area contributed by atoms with E-state index < -0.39 is 0 Å². The summed E-state index contributed by atoms with van der Waals surface area (Å²) in [5.74, 6) is 0. The summed E-state index contributed by atoms with van der Waals surface area (Å²) in [6, 6.07) is 2.28. The molecular weight excluding hydrogens is 218 g/mol. The normalized spacial score (nSPS) is 16.0. The maximum atomic E-state index is 3.48. The largest absolute Gasteiger partial charge is 0.359 e. The quantitative estimate of drug-likeness (QED) is 0.683. The van der Waals surface area contributed by atoms with E-state index in [1.807, 2.05) is 13.8 Å². The van der Waals surface area contributed by atoms with Gasteiger partial charge in [0.2, 0.25) is 0 Å². The molecule has 0 atom stereocenters. The zero-order valence-electron chi connectivity index (χ0n) is 13.2. The molecule has 1 aliphatic rings. The van der Waals surface area contributed by atoms with Crippen LogP contribution in [0.3, 0.4) is 0 Å². The number of nitrogens with one attached hydrogen (secondary N) is 1. The lowest BCUT2D eigenvalue weighted by Crippen LogP contribution is -2.15. The van der Waals surface area contributed by atoms with Crippen molar-refractivity contribution < 1.29 is 0 Å². The lowest BCUT2D eigenvalue weighted by Gasteiger charge is -2.22. The van der Waals surface area contributed by atoms with Crippen molar-refractivity contribution in [2.24, 2.45) is 0 Å². The molecule has 1 N–H and O–H groups in total. The molecule has 0 amide bonds. The van der Waals surface area contributed by atoms with E-state index in [1.165, 1.54) is 33.7 Å². The molecule has 0 radical (unpaired) electrons. The number of rotatable bonds is 1. The molecule has 2 rings (SSSR count). The van der Waals surface area contributed by atoms with E-state index in [9.17, 15) is 0 Å². The zero-order chi connectivity index (χ0) is 14.1. The van der Waals surface area contributed by atoms with Crippen molar-refractivity contribution in [1.29, 1.82) is 0 Å². The van der Waals surface area contributed by atoms with Crippen LogP contribution < -0.4 is 0 Å². The molecule has 0 saturated heterocycles. The number of allylic oxidation sites excluding steroid dienone is 4. The van der Waals surface area contributed by atoms with Crippen molar-refractivity contribution in [2.45, 2.75) is 60.8 Å². The van der Waals surface area contributed by atoms with Gasteiger partial charge < -0.3 is 4.98 Å². The number of hydrogen-bond donors (Lipinski definition) is 1. The van der Waals surface area contributed by atoms with Crippen molar-refractivity contribution in [3.05, 3.63) is 40.2 Å². The van der Waals surface area contributed by atoms with Crippen LogP contribution in [0.5, 0.6) is 0 Å². The van der Waals surface area contributed by atoms with Gasteiger partial charge in [0.05, 0.1) is 0 Å². The van der Waals surface area contributed by atoms with Crippen LogP contribution in [-0.4, -0.2) is 4.98 Å². The minimum atomic E-state index is 0.140. The molecule has 1 aromatic heterocycles. The van der Waals surface area contributed by atoms with Gasteiger partial charge in [0, 0.05) is 16.8 Å². The highest BCUT2D eigenvalue weighted by atomic mass is 14.7. The molecule has 18 heavy (non-hydrogen) atoms. The fourth-order valence-electron chi connectivity index (χ4n) is 2.70. The first-order chi connectivity index (χ1) is 8.34. The van der Waals surface area contributed by atoms with Gasteiger partial charge in [0.25, 0.3) is 0 Å². The number of hydrogen-bond acceptors (Lipinski definition) is 0. The predicted molar refractivity (Wildman–Crippen MR) is 81.9 cm³/mol. The Labute approximate surface area is 112 Å². The van der Waals surface area contributed by atoms with Gasteiger partial charge in [0.1, 0.15) is 0 Å². The monoisotopic (exact) mass is 245 g/mol. The second-order valence-corrected chi connectivity index (χ2v) is 5.63. The van der Waals surface area contributed by atoms with Gasteiger partial charge in [-0.2, -0.15) is 0 Å². The first kappa shape index (κ1) is 14.8. The summed E-state index contributed by atoms with van der Waals surface area (Å²) in [6.07, 6.45) is 2.32. The first-order valence-electron chi connectivity index (χ1n) is 6.90. The van der Waals surface area contributed by atoms with Crippen LogP contribution in [0, 0.1) is 6.92 Å². The summed E-state index contributed by atoms with van der Waals surface area (Å²) in [4.78, 5) is 3.48. The summed E-state index contributed by atoms with van der Waals surface area (Å²) in [7, 11) is 0. The predicted octanol–water partition coefficient (Wildman–Crippen LogP) is 5.38. The van der Waals surface area contributed by atoms with Crippen molar-refractivity contribution in [3.8, 4) is 0 Å². The van der Waals surface area contributed by atoms with E-state index in [0.717, 1.165) is 0 Å². The second kappa shape index (κ2) is 5.17. The molecule has 1 aromatic rings. The minimum absolute atomic E-state index is 0.140. The van der Waals surface area contributed by atoms with E-state index in [2.05, 4.69) is 58.7 Å². The Hall–Kier alpha value is -1.24. The van der Waals surface area contributed by atoms with Crippen LogP contribution in [-0.2, 0) is 5.41 Å². The second-order valence-electron chi connectivity index (χ2n) is 5.63. The number of aromatic nitrogens is 1. The third kappa shape index (κ3) is 2.31. The molecule has 100 valence electrons. The standard InChI is InChI=1S/C15H21N.C2H6/c1-9(2)7-12-11(4)14-13(15(12,5)6)8-10(3)16-14;1-2/h7-8,16H,1-6H3;1-2H3. The summed E-state index contributed by atoms with van der Waals surface area (Å²) < 4.78 is 0. The molecule has 1 heteroatoms. The van der Waals surface area contributed by atoms with Gasteiger partial charge in [-0.3, -0.25) is 0 Å². The molecule has 0 aliphatic heterocycles. The van der Waals surface area contributed by atoms with Crippen LogP contribution in [0.4, 0.5) is 0 Å². The van der Waals surface area contributed by atoms with E-state index in [0.29, 0.717) is 0 Å². The minimum Gasteiger partial charge on any atom is -0.359 e. The molecule has 0 aromatic carbocycles. The Balaban J connectivity index is 0.000000771. The SMILES string of the molecule is CC.CC(C)=CC1=C(C)c2[nH]c(C)cc2C1(C)C. The van der Waals surface area contributed by atoms with Gasteiger partial charge in [-0.1, -0.05) is 39.3 Å². The Morgan fingerprint density at radius 1 is 1.17 bits per heavy atom. The molecular formula is C17H27N. The van der Waals surface area contributed by atoms with Gasteiger partial charge in [-0.15, -0.1) is 0 Å². The van der Waals surface area contributed by atoms with Crippen molar-refractivity contribution in [3.63, 3.8) is 0 Å². The number of H-pyrrole nitrogens is 1. The topological polar surface area (TPSA) is 15.8 Å². The lowest BCUT2D eigenvalue weighted by atomic mass is 9.81. The summed E-state index contributed by atoms with van der Waals surface area (Å²) in [5.41, 5.74) is 8.38. The van der Waals surface area contributed by atoms with Crippen LogP contribution in [0.1, 0.15) is 65.4 Å². The van der Waals surface area contributed by atoms with Gasteiger partial charge in [-0.05, 0) is 50.5 Å². The molecule has 1 aliphatic carbocycles. The van der Waals surface area contributed by atoms with Crippen molar-refractivity contribution in [2.75, 3.05) is 0 Å². The number of aryl methyl sites for hydroxylation is 1. The molecule has 0 spiro atoms. The van der Waals surface area contributed by atoms with Crippen LogP contribution >= 0.6 is 0 Å². The molecule has 0 bridgehead atoms. The van der Waals surface area contributed by atoms with E-state index >= 15 is 0 Å². The third-order valence-electron chi connectivity index (χ3n) is 3.51. The summed E-state index contributed by atoms with van der Waals surface area (Å²) in [5, 5.41) is 0. The maximum Gasteiger partial charge on any atom is 0.0456 e. The van der Waals surface area contributed by atoms with E-state index in [4.69, 9.17) is 0 Å². The Kier molecular flexibility index (Phi) is 4.26. The third-order valence-corrected chi connectivity index (χ3v) is 3.51. The molecule has 0 saturated carbocycles. The van der Waals surface area contributed by atoms with Gasteiger partial charge in [0.15, 0.2) is 0 Å². The summed E-state index contributed by atoms with van der Waals surface area (Å²) in [6.45, 7) is 17.3. The Morgan fingerprint density at radius 2 is 1.72 bits per heavy atom. The van der Waals surface area contributed by atoms with Crippen LogP contribution in [0.15, 0.2) is 23.3 Å². The highest BCUT2D eigenvalue weighted by molar-refractivity contribution is 5.79. The number of aromatic amines is 1. The van der Waals surface area contributed by atoms with Crippen LogP contribution in [0.2, 0.25) is 0 Å². The smallest absolute Gasteiger partial charge is 0.0456 e. The van der Waals surface area contributed by atoms with Crippen molar-refractivity contribution >= 4 is 5.57 Å². The average Bonchev–Trinajstić information content (AvgIpc) is 2.76. The molecule has 1 nitrogen and oxygen atoms in total. The molecule has 0 unspecified atom stereocenters. The zero-order valence-corrected chi connectivity index (χ0v) is 13.2. The van der Waals surface area contributed by atoms with Gasteiger partial charge in [-0.25, -0.2) is 0 Å². The highest BCUT2D eigenvalue weighted by Crippen LogP contribution is 2.46. The lowest BCUT2D eigenvalue weighted by molar-refractivity contribution is 0.654. The highest BCUT2D eigenvalue weighted by Gasteiger charge is 2.36. The van der Waals surface area contributed by atoms with Gasteiger partial charge >= 0.3 is 0 Å². The van der Waals surface area contributed by atoms with E-state index in [-0.39, 0.29) is 5.41 Å². The fourth-order valence-corrected chi connectivity index (χ4v) is 2.70. The van der Waals surface area contributed by atoms with E-state index in [1.54, 1.807) is 0 Å². The Bertz CT molecular complexity index is 492. The average molecular weight is 245 g/mol. The maximum absolute atomic E-state index is 3.48. The number of fused-ring (bicyclic) bond motifs is 1. The fraction of sp³-hybridized carbons (Fsp3) is 0.529. The first-order valence-corrected chi connectivity index (χ1v) is 6.90. The van der Waals surface area contributed by atoms with Crippen LogP contribution in [0.25, 0.3) is 5.57 Å².